The van der Waals surface area contributed by atoms with E-state index in [4.69, 9.17) is 12.2 Å². The first-order chi connectivity index (χ1) is 14.0. The summed E-state index contributed by atoms with van der Waals surface area (Å²) in [6.07, 6.45) is 0. The Labute approximate surface area is 175 Å². The topological polar surface area (TPSA) is 91.6 Å². The van der Waals surface area contributed by atoms with Gasteiger partial charge in [0.1, 0.15) is 0 Å². The number of nitro benzene ring substituents is 1. The molecule has 2 aromatic carbocycles. The van der Waals surface area contributed by atoms with Gasteiger partial charge in [0.15, 0.2) is 10.2 Å². The summed E-state index contributed by atoms with van der Waals surface area (Å²) in [7, 11) is 0. The summed E-state index contributed by atoms with van der Waals surface area (Å²) in [6, 6.07) is 14.1. The van der Waals surface area contributed by atoms with Crippen LogP contribution in [-0.4, -0.2) is 46.1 Å². The Balaban J connectivity index is 1.46. The number of para-hydroxylation sites is 1. The fraction of sp³-hybridized carbons (Fsp3) is 0.211. The van der Waals surface area contributed by atoms with Gasteiger partial charge in [-0.2, -0.15) is 4.98 Å². The van der Waals surface area contributed by atoms with Crippen LogP contribution < -0.4 is 15.8 Å². The Morgan fingerprint density at radius 3 is 2.55 bits per heavy atom. The van der Waals surface area contributed by atoms with Crippen LogP contribution in [0.25, 0.3) is 10.1 Å². The Bertz CT molecular complexity index is 1130. The predicted octanol–water partition coefficient (Wildman–Crippen LogP) is 3.08. The van der Waals surface area contributed by atoms with Crippen molar-refractivity contribution in [2.24, 2.45) is 0 Å². The van der Waals surface area contributed by atoms with Crippen LogP contribution in [0.15, 0.2) is 53.3 Å². The van der Waals surface area contributed by atoms with Gasteiger partial charge in [0.25, 0.3) is 11.2 Å². The number of anilines is 2. The van der Waals surface area contributed by atoms with Gasteiger partial charge in [-0.25, -0.2) is 0 Å². The van der Waals surface area contributed by atoms with E-state index < -0.39 is 10.5 Å². The fourth-order valence-corrected chi connectivity index (χ4v) is 4.45. The van der Waals surface area contributed by atoms with Gasteiger partial charge in [0.05, 0.1) is 10.3 Å². The first-order valence-electron chi connectivity index (χ1n) is 8.96. The third kappa shape index (κ3) is 4.17. The average Bonchev–Trinajstić information content (AvgIpc) is 2.74. The Morgan fingerprint density at radius 2 is 1.86 bits per heavy atom. The van der Waals surface area contributed by atoms with Gasteiger partial charge < -0.3 is 15.1 Å². The number of rotatable bonds is 3. The van der Waals surface area contributed by atoms with E-state index in [1.807, 2.05) is 30.3 Å². The zero-order chi connectivity index (χ0) is 20.4. The molecule has 1 aliphatic heterocycles. The molecule has 1 saturated heterocycles. The minimum absolute atomic E-state index is 0.107. The predicted molar refractivity (Wildman–Crippen MR) is 119 cm³/mol. The minimum atomic E-state index is -0.511. The summed E-state index contributed by atoms with van der Waals surface area (Å²) in [4.78, 5) is 31.1. The first-order valence-corrected chi connectivity index (χ1v) is 10.2. The molecule has 0 atom stereocenters. The molecule has 0 unspecified atom stereocenters. The molecule has 0 aliphatic carbocycles. The highest BCUT2D eigenvalue weighted by Gasteiger charge is 2.22. The number of aromatic nitrogens is 1. The van der Waals surface area contributed by atoms with E-state index >= 15 is 0 Å². The molecule has 1 aliphatic rings. The van der Waals surface area contributed by atoms with Crippen molar-refractivity contribution >= 4 is 55.3 Å². The highest BCUT2D eigenvalue weighted by atomic mass is 32.1. The Hall–Kier alpha value is -3.11. The second kappa shape index (κ2) is 8.10. The molecule has 148 valence electrons. The molecule has 0 radical (unpaired) electrons. The van der Waals surface area contributed by atoms with Crippen LogP contribution in [0.1, 0.15) is 0 Å². The van der Waals surface area contributed by atoms with Crippen LogP contribution >= 0.6 is 23.6 Å². The molecular weight excluding hydrogens is 410 g/mol. The third-order valence-corrected chi connectivity index (χ3v) is 6.13. The number of thiocarbonyl (C=S) groups is 1. The summed E-state index contributed by atoms with van der Waals surface area (Å²) in [6.45, 7) is 2.77. The van der Waals surface area contributed by atoms with Crippen LogP contribution in [0.2, 0.25) is 0 Å². The quantitative estimate of drug-likeness (QED) is 0.387. The van der Waals surface area contributed by atoms with Crippen LogP contribution in [-0.2, 0) is 0 Å². The van der Waals surface area contributed by atoms with E-state index in [1.54, 1.807) is 6.07 Å². The molecule has 0 amide bonds. The first kappa shape index (κ1) is 19.2. The van der Waals surface area contributed by atoms with E-state index in [0.717, 1.165) is 5.69 Å². The zero-order valence-electron chi connectivity index (χ0n) is 15.3. The van der Waals surface area contributed by atoms with Crippen molar-refractivity contribution in [2.45, 2.75) is 0 Å². The van der Waals surface area contributed by atoms with E-state index in [9.17, 15) is 14.9 Å². The largest absolute Gasteiger partial charge is 0.345 e. The smallest absolute Gasteiger partial charge is 0.281 e. The Morgan fingerprint density at radius 1 is 1.14 bits per heavy atom. The maximum absolute atomic E-state index is 12.4. The van der Waals surface area contributed by atoms with Gasteiger partial charge in [-0.1, -0.05) is 29.5 Å². The SMILES string of the molecule is O=c1nc(N2CCN(C(=S)Nc3ccccc3)CC2)sc2ccc([N+](=O)[O-])cc12. The number of hydrogen-bond acceptors (Lipinski definition) is 7. The lowest BCUT2D eigenvalue weighted by atomic mass is 10.2. The average molecular weight is 428 g/mol. The van der Waals surface area contributed by atoms with Crippen molar-refractivity contribution in [3.8, 4) is 0 Å². The summed E-state index contributed by atoms with van der Waals surface area (Å²) in [5, 5.41) is 15.7. The standard InChI is InChI=1S/C19H17N5O3S2/c25-17-15-12-14(24(26)27)6-7-16(15)29-19(21-17)23-10-8-22(9-11-23)18(28)20-13-4-2-1-3-5-13/h1-7,12H,8-11H2,(H,20,28). The molecule has 0 saturated carbocycles. The van der Waals surface area contributed by atoms with E-state index in [0.29, 0.717) is 41.1 Å². The van der Waals surface area contributed by atoms with Crippen molar-refractivity contribution in [3.63, 3.8) is 0 Å². The molecule has 29 heavy (non-hydrogen) atoms. The lowest BCUT2D eigenvalue weighted by molar-refractivity contribution is -0.384. The van der Waals surface area contributed by atoms with Crippen molar-refractivity contribution in [1.29, 1.82) is 0 Å². The molecule has 1 N–H and O–H groups in total. The molecule has 8 nitrogen and oxygen atoms in total. The van der Waals surface area contributed by atoms with Gasteiger partial charge >= 0.3 is 0 Å². The lowest BCUT2D eigenvalue weighted by Gasteiger charge is -2.36. The molecule has 10 heteroatoms. The number of non-ortho nitro benzene ring substituents is 1. The van der Waals surface area contributed by atoms with Crippen molar-refractivity contribution in [1.82, 2.24) is 9.88 Å². The molecule has 0 bridgehead atoms. The molecule has 4 rings (SSSR count). The lowest BCUT2D eigenvalue weighted by Crippen LogP contribution is -2.50. The van der Waals surface area contributed by atoms with E-state index in [2.05, 4.69) is 20.1 Å². The highest BCUT2D eigenvalue weighted by Crippen LogP contribution is 2.27. The van der Waals surface area contributed by atoms with E-state index in [-0.39, 0.29) is 11.1 Å². The normalized spacial score (nSPS) is 14.1. The maximum atomic E-state index is 12.4. The molecular formula is C19H17N5O3S2. The van der Waals surface area contributed by atoms with Gasteiger partial charge in [-0.3, -0.25) is 14.9 Å². The van der Waals surface area contributed by atoms with Gasteiger partial charge in [0.2, 0.25) is 0 Å². The number of fused-ring (bicyclic) bond motifs is 1. The third-order valence-electron chi connectivity index (χ3n) is 4.67. The summed E-state index contributed by atoms with van der Waals surface area (Å²) in [5.74, 6) is 0. The minimum Gasteiger partial charge on any atom is -0.345 e. The number of hydrogen-bond donors (Lipinski definition) is 1. The monoisotopic (exact) mass is 427 g/mol. The van der Waals surface area contributed by atoms with Crippen LogP contribution in [0.3, 0.4) is 0 Å². The van der Waals surface area contributed by atoms with E-state index in [1.165, 1.54) is 23.5 Å². The molecule has 1 aromatic heterocycles. The van der Waals surface area contributed by atoms with Crippen molar-refractivity contribution < 1.29 is 4.92 Å². The molecule has 0 spiro atoms. The number of nitro groups is 1. The summed E-state index contributed by atoms with van der Waals surface area (Å²) >= 11 is 6.87. The second-order valence-corrected chi connectivity index (χ2v) is 7.91. The Kier molecular flexibility index (Phi) is 5.36. The second-order valence-electron chi connectivity index (χ2n) is 6.51. The number of nitrogens with one attached hydrogen (secondary N) is 1. The fourth-order valence-electron chi connectivity index (χ4n) is 3.12. The number of piperazine rings is 1. The highest BCUT2D eigenvalue weighted by molar-refractivity contribution is 7.80. The maximum Gasteiger partial charge on any atom is 0.281 e. The molecule has 3 aromatic rings. The molecule has 2 heterocycles. The van der Waals surface area contributed by atoms with Crippen LogP contribution in [0, 0.1) is 10.1 Å². The van der Waals surface area contributed by atoms with Gasteiger partial charge in [-0.05, 0) is 30.4 Å². The molecule has 1 fully saturated rings. The summed E-state index contributed by atoms with van der Waals surface area (Å²) in [5.41, 5.74) is 0.397. The van der Waals surface area contributed by atoms with Crippen LogP contribution in [0.4, 0.5) is 16.5 Å². The van der Waals surface area contributed by atoms with Gasteiger partial charge in [-0.15, -0.1) is 0 Å². The summed E-state index contributed by atoms with van der Waals surface area (Å²) < 4.78 is 0.689. The zero-order valence-corrected chi connectivity index (χ0v) is 16.9. The van der Waals surface area contributed by atoms with Gasteiger partial charge in [0, 0.05) is 48.7 Å². The van der Waals surface area contributed by atoms with Crippen molar-refractivity contribution in [3.05, 3.63) is 69.0 Å². The number of benzene rings is 2. The van der Waals surface area contributed by atoms with Crippen molar-refractivity contribution in [2.75, 3.05) is 36.4 Å². The van der Waals surface area contributed by atoms with Crippen LogP contribution in [0.5, 0.6) is 0 Å². The number of nitrogens with zero attached hydrogens (tertiary/aromatic N) is 4.